The van der Waals surface area contributed by atoms with Gasteiger partial charge in [0.25, 0.3) is 5.91 Å². The lowest BCUT2D eigenvalue weighted by Gasteiger charge is -2.10. The zero-order chi connectivity index (χ0) is 24.8. The van der Waals surface area contributed by atoms with E-state index in [0.717, 1.165) is 27.9 Å². The summed E-state index contributed by atoms with van der Waals surface area (Å²) >= 11 is 1.63. The van der Waals surface area contributed by atoms with Crippen LogP contribution in [0.15, 0.2) is 72.4 Å². The molecule has 8 heteroatoms. The van der Waals surface area contributed by atoms with Crippen LogP contribution in [0.4, 0.5) is 0 Å². The van der Waals surface area contributed by atoms with E-state index in [4.69, 9.17) is 0 Å². The Balaban J connectivity index is 1.37. The van der Waals surface area contributed by atoms with E-state index in [-0.39, 0.29) is 12.5 Å². The monoisotopic (exact) mass is 486 g/mol. The Morgan fingerprint density at radius 2 is 1.86 bits per heavy atom. The van der Waals surface area contributed by atoms with E-state index in [1.807, 2.05) is 53.4 Å². The van der Waals surface area contributed by atoms with Gasteiger partial charge in [-0.25, -0.2) is 0 Å². The summed E-state index contributed by atoms with van der Waals surface area (Å²) in [5.74, 6) is 1.35. The van der Waals surface area contributed by atoms with Gasteiger partial charge in [0.05, 0.1) is 18.8 Å². The maximum atomic E-state index is 12.8. The molecule has 0 saturated carbocycles. The van der Waals surface area contributed by atoms with Gasteiger partial charge in [-0.15, -0.1) is 16.8 Å². The second-order valence-electron chi connectivity index (χ2n) is 8.54. The SMILES string of the molecule is C=CCn1c(CNC(=O)c2ccc(Cn3nc(C)cc3C)cc2)nnc1SCc1cccc(C)c1. The van der Waals surface area contributed by atoms with Gasteiger partial charge in [-0.2, -0.15) is 5.10 Å². The Kier molecular flexibility index (Phi) is 7.82. The zero-order valence-electron chi connectivity index (χ0n) is 20.4. The minimum absolute atomic E-state index is 0.148. The molecule has 1 amide bonds. The lowest BCUT2D eigenvalue weighted by Crippen LogP contribution is -2.24. The van der Waals surface area contributed by atoms with Crippen molar-refractivity contribution in [3.63, 3.8) is 0 Å². The van der Waals surface area contributed by atoms with Gasteiger partial charge < -0.3 is 9.88 Å². The Labute approximate surface area is 210 Å². The molecule has 0 aliphatic carbocycles. The number of nitrogens with zero attached hydrogens (tertiary/aromatic N) is 5. The fourth-order valence-corrected chi connectivity index (χ4v) is 4.76. The third-order valence-electron chi connectivity index (χ3n) is 5.61. The van der Waals surface area contributed by atoms with Crippen molar-refractivity contribution < 1.29 is 4.79 Å². The van der Waals surface area contributed by atoms with Crippen LogP contribution in [0, 0.1) is 20.8 Å². The predicted molar refractivity (Wildman–Crippen MR) is 139 cm³/mol. The molecule has 35 heavy (non-hydrogen) atoms. The maximum Gasteiger partial charge on any atom is 0.251 e. The lowest BCUT2D eigenvalue weighted by molar-refractivity contribution is 0.0949. The number of carbonyl (C=O) groups is 1. The molecule has 7 nitrogen and oxygen atoms in total. The van der Waals surface area contributed by atoms with Crippen molar-refractivity contribution in [3.8, 4) is 0 Å². The molecular formula is C27H30N6OS. The largest absolute Gasteiger partial charge is 0.345 e. The number of carbonyl (C=O) groups excluding carboxylic acids is 1. The van der Waals surface area contributed by atoms with E-state index >= 15 is 0 Å². The molecule has 4 aromatic rings. The molecule has 0 aliphatic rings. The second kappa shape index (κ2) is 11.2. The normalized spacial score (nSPS) is 10.9. The van der Waals surface area contributed by atoms with Crippen LogP contribution in [0.5, 0.6) is 0 Å². The average molecular weight is 487 g/mol. The fourth-order valence-electron chi connectivity index (χ4n) is 3.85. The number of aryl methyl sites for hydroxylation is 3. The van der Waals surface area contributed by atoms with Crippen LogP contribution in [0.2, 0.25) is 0 Å². The first kappa shape index (κ1) is 24.5. The van der Waals surface area contributed by atoms with E-state index in [0.29, 0.717) is 24.5 Å². The quantitative estimate of drug-likeness (QED) is 0.256. The summed E-state index contributed by atoms with van der Waals surface area (Å²) in [6, 6.07) is 18.1. The van der Waals surface area contributed by atoms with Crippen LogP contribution in [-0.2, 0) is 25.4 Å². The van der Waals surface area contributed by atoms with Crippen molar-refractivity contribution >= 4 is 17.7 Å². The Morgan fingerprint density at radius 1 is 1.06 bits per heavy atom. The van der Waals surface area contributed by atoms with Crippen molar-refractivity contribution in [2.75, 3.05) is 0 Å². The lowest BCUT2D eigenvalue weighted by atomic mass is 10.1. The van der Waals surface area contributed by atoms with Crippen molar-refractivity contribution in [2.45, 2.75) is 51.3 Å². The molecule has 2 aromatic heterocycles. The van der Waals surface area contributed by atoms with Crippen LogP contribution in [0.25, 0.3) is 0 Å². The van der Waals surface area contributed by atoms with Gasteiger partial charge in [0.1, 0.15) is 0 Å². The summed E-state index contributed by atoms with van der Waals surface area (Å²) < 4.78 is 3.96. The summed E-state index contributed by atoms with van der Waals surface area (Å²) in [6.07, 6.45) is 1.81. The third-order valence-corrected chi connectivity index (χ3v) is 6.65. The standard InChI is InChI=1S/C27H30N6OS/c1-5-13-32-25(29-30-27(32)35-18-23-8-6-7-19(2)14-23)16-28-26(34)24-11-9-22(10-12-24)17-33-21(4)15-20(3)31-33/h5-12,14-15H,1,13,16-18H2,2-4H3,(H,28,34). The van der Waals surface area contributed by atoms with E-state index < -0.39 is 0 Å². The Bertz CT molecular complexity index is 1320. The van der Waals surface area contributed by atoms with E-state index in [9.17, 15) is 4.79 Å². The third kappa shape index (κ3) is 6.27. The highest BCUT2D eigenvalue weighted by Gasteiger charge is 2.14. The van der Waals surface area contributed by atoms with Gasteiger partial charge in [-0.05, 0) is 50.1 Å². The number of allylic oxidation sites excluding steroid dienone is 1. The molecule has 0 fully saturated rings. The van der Waals surface area contributed by atoms with Gasteiger partial charge in [0.15, 0.2) is 11.0 Å². The molecule has 0 atom stereocenters. The number of amides is 1. The van der Waals surface area contributed by atoms with Crippen LogP contribution < -0.4 is 5.32 Å². The number of benzene rings is 2. The first-order valence-electron chi connectivity index (χ1n) is 11.5. The molecule has 0 unspecified atom stereocenters. The molecule has 2 heterocycles. The van der Waals surface area contributed by atoms with E-state index in [1.54, 1.807) is 11.8 Å². The van der Waals surface area contributed by atoms with Gasteiger partial charge in [-0.1, -0.05) is 59.8 Å². The fraction of sp³-hybridized carbons (Fsp3) is 0.259. The molecule has 0 bridgehead atoms. The summed E-state index contributed by atoms with van der Waals surface area (Å²) in [4.78, 5) is 12.8. The van der Waals surface area contributed by atoms with Crippen molar-refractivity contribution in [1.29, 1.82) is 0 Å². The first-order chi connectivity index (χ1) is 16.9. The average Bonchev–Trinajstić information content (AvgIpc) is 3.38. The van der Waals surface area contributed by atoms with Crippen molar-refractivity contribution in [2.24, 2.45) is 0 Å². The summed E-state index contributed by atoms with van der Waals surface area (Å²) in [5.41, 5.74) is 6.28. The van der Waals surface area contributed by atoms with Crippen LogP contribution in [0.1, 0.15) is 44.3 Å². The number of aromatic nitrogens is 5. The summed E-state index contributed by atoms with van der Waals surface area (Å²) in [6.45, 7) is 11.5. The summed E-state index contributed by atoms with van der Waals surface area (Å²) in [5, 5.41) is 16.9. The van der Waals surface area contributed by atoms with Gasteiger partial charge >= 0.3 is 0 Å². The molecule has 180 valence electrons. The number of hydrogen-bond donors (Lipinski definition) is 1. The van der Waals surface area contributed by atoms with Gasteiger partial charge in [-0.3, -0.25) is 9.48 Å². The molecule has 0 saturated heterocycles. The van der Waals surface area contributed by atoms with Gasteiger partial charge in [0, 0.05) is 23.6 Å². The van der Waals surface area contributed by atoms with Gasteiger partial charge in [0.2, 0.25) is 0 Å². The molecule has 1 N–H and O–H groups in total. The zero-order valence-corrected chi connectivity index (χ0v) is 21.2. The molecule has 0 radical (unpaired) electrons. The summed E-state index contributed by atoms with van der Waals surface area (Å²) in [7, 11) is 0. The Hall–Kier alpha value is -3.65. The molecule has 4 rings (SSSR count). The Morgan fingerprint density at radius 3 is 2.54 bits per heavy atom. The smallest absolute Gasteiger partial charge is 0.251 e. The second-order valence-corrected chi connectivity index (χ2v) is 9.48. The first-order valence-corrected chi connectivity index (χ1v) is 12.5. The van der Waals surface area contributed by atoms with E-state index in [2.05, 4.69) is 64.4 Å². The van der Waals surface area contributed by atoms with Crippen molar-refractivity contribution in [3.05, 3.63) is 107 Å². The van der Waals surface area contributed by atoms with Crippen LogP contribution in [0.3, 0.4) is 0 Å². The number of nitrogens with one attached hydrogen (secondary N) is 1. The molecule has 0 spiro atoms. The minimum Gasteiger partial charge on any atom is -0.345 e. The highest BCUT2D eigenvalue weighted by molar-refractivity contribution is 7.98. The van der Waals surface area contributed by atoms with E-state index in [1.165, 1.54) is 11.1 Å². The highest BCUT2D eigenvalue weighted by Crippen LogP contribution is 2.22. The number of hydrogen-bond acceptors (Lipinski definition) is 5. The number of thioether (sulfide) groups is 1. The van der Waals surface area contributed by atoms with Crippen LogP contribution >= 0.6 is 11.8 Å². The predicted octanol–water partition coefficient (Wildman–Crippen LogP) is 4.86. The highest BCUT2D eigenvalue weighted by atomic mass is 32.2. The molecular weight excluding hydrogens is 456 g/mol. The minimum atomic E-state index is -0.148. The molecule has 2 aromatic carbocycles. The number of rotatable bonds is 10. The molecule has 0 aliphatic heterocycles. The van der Waals surface area contributed by atoms with Crippen LogP contribution in [-0.4, -0.2) is 30.5 Å². The topological polar surface area (TPSA) is 77.6 Å². The maximum absolute atomic E-state index is 12.8. The van der Waals surface area contributed by atoms with Crippen molar-refractivity contribution in [1.82, 2.24) is 29.9 Å².